The number of fused-ring (bicyclic) bond motifs is 3. The lowest BCUT2D eigenvalue weighted by Crippen LogP contribution is -2.58. The molecule has 2 fully saturated rings. The van der Waals surface area contributed by atoms with Crippen LogP contribution in [0.2, 0.25) is 0 Å². The number of nitrogens with one attached hydrogen (secondary N) is 4. The average Bonchev–Trinajstić information content (AvgIpc) is 3.30. The molecule has 5 rings (SSSR count). The number of imidazole rings is 1. The second-order valence-corrected chi connectivity index (χ2v) is 15.7. The number of aromatic amines is 1. The van der Waals surface area contributed by atoms with Gasteiger partial charge in [0.2, 0.25) is 11.8 Å². The van der Waals surface area contributed by atoms with Gasteiger partial charge in [0, 0.05) is 26.4 Å². The number of rotatable bonds is 6. The number of para-hydroxylation sites is 2. The van der Waals surface area contributed by atoms with Crippen LogP contribution in [0.15, 0.2) is 36.4 Å². The van der Waals surface area contributed by atoms with Crippen molar-refractivity contribution in [1.29, 1.82) is 0 Å². The molecule has 0 spiro atoms. The highest BCUT2D eigenvalue weighted by Gasteiger charge is 2.61. The molecule has 1 saturated carbocycles. The molecule has 2 aromatic rings. The Hall–Kier alpha value is -4.18. The molecule has 1 saturated heterocycles. The molecule has 0 radical (unpaired) electrons. The molecule has 16 heteroatoms. The van der Waals surface area contributed by atoms with Gasteiger partial charge in [-0.15, -0.1) is 0 Å². The lowest BCUT2D eigenvalue weighted by molar-refractivity contribution is -0.141. The summed E-state index contributed by atoms with van der Waals surface area (Å²) in [5, 5.41) is 5.53. The van der Waals surface area contributed by atoms with Crippen molar-refractivity contribution >= 4 is 45.1 Å². The second-order valence-electron chi connectivity index (χ2n) is 13.8. The Labute approximate surface area is 280 Å². The summed E-state index contributed by atoms with van der Waals surface area (Å²) in [6.07, 6.45) is 5.76. The number of alkyl carbamates (subject to hydrolysis) is 1. The molecule has 0 bridgehead atoms. The highest BCUT2D eigenvalue weighted by Crippen LogP contribution is 2.45. The SMILES string of the molecule is CN(C)S(=O)(=O)NC(=O)[C@@]12C[C@@H]1/C=C\CCCCC[C@H](NC(=O)OC(C)(C)C)C(=O)N1C[C@H](Oc3nc4ccccc4[nH]3)C[C@H]1C(=O)N2. The highest BCUT2D eigenvalue weighted by molar-refractivity contribution is 7.87. The molecule has 5 atom stereocenters. The van der Waals surface area contributed by atoms with Crippen LogP contribution in [0.25, 0.3) is 11.0 Å². The maximum atomic E-state index is 14.2. The summed E-state index contributed by atoms with van der Waals surface area (Å²) in [5.41, 5.74) is -0.887. The normalized spacial score (nSPS) is 27.6. The summed E-state index contributed by atoms with van der Waals surface area (Å²) in [6.45, 7) is 5.17. The lowest BCUT2D eigenvalue weighted by atomic mass is 10.0. The van der Waals surface area contributed by atoms with Crippen molar-refractivity contribution < 1.29 is 37.1 Å². The van der Waals surface area contributed by atoms with E-state index in [1.165, 1.54) is 19.0 Å². The fourth-order valence-corrected chi connectivity index (χ4v) is 6.66. The van der Waals surface area contributed by atoms with E-state index in [-0.39, 0.29) is 25.4 Å². The molecule has 3 heterocycles. The van der Waals surface area contributed by atoms with Crippen LogP contribution in [-0.4, -0.2) is 101 Å². The van der Waals surface area contributed by atoms with Crippen LogP contribution >= 0.6 is 0 Å². The van der Waals surface area contributed by atoms with Crippen molar-refractivity contribution in [3.63, 3.8) is 0 Å². The molecule has 2 aliphatic heterocycles. The molecule has 3 aliphatic rings. The molecule has 0 unspecified atom stereocenters. The first-order valence-electron chi connectivity index (χ1n) is 16.2. The van der Waals surface area contributed by atoms with Gasteiger partial charge in [-0.05, 0) is 58.6 Å². The summed E-state index contributed by atoms with van der Waals surface area (Å²) in [7, 11) is -1.56. The predicted octanol–water partition coefficient (Wildman–Crippen LogP) is 2.12. The minimum Gasteiger partial charge on any atom is -0.459 e. The molecule has 262 valence electrons. The fraction of sp³-hybridized carbons (Fsp3) is 0.594. The first-order chi connectivity index (χ1) is 22.6. The van der Waals surface area contributed by atoms with Crippen LogP contribution in [0, 0.1) is 5.92 Å². The maximum absolute atomic E-state index is 14.2. The average molecular weight is 688 g/mol. The number of allylic oxidation sites excluding steroid dienone is 1. The Kier molecular flexibility index (Phi) is 10.1. The van der Waals surface area contributed by atoms with Gasteiger partial charge in [0.1, 0.15) is 29.3 Å². The Bertz CT molecular complexity index is 1650. The summed E-state index contributed by atoms with van der Waals surface area (Å²) < 4.78 is 39.7. The standard InChI is InChI=1S/C32H45N7O8S/c1-31(2,3)47-30(43)35-24-16-10-8-6-7-9-13-20-18-32(20,28(42)37-48(44,45)38(4)5)36-26(40)25-17-21(19-39(25)27(24)41)46-29-33-22-14-11-12-15-23(22)34-29/h9,11-15,20-21,24-25H,6-8,10,16-19H2,1-5H3,(H,33,34)(H,35,43)(H,36,40)(H,37,42)/b13-9-/t20-,21+,24-,25-,32+/m0/s1. The molecule has 4 amide bonds. The Balaban J connectivity index is 1.45. The number of ether oxygens (including phenoxy) is 2. The van der Waals surface area contributed by atoms with Gasteiger partial charge >= 0.3 is 16.3 Å². The van der Waals surface area contributed by atoms with E-state index in [1.54, 1.807) is 20.8 Å². The first-order valence-corrected chi connectivity index (χ1v) is 17.7. The van der Waals surface area contributed by atoms with Crippen LogP contribution in [0.1, 0.15) is 65.7 Å². The molecule has 1 aromatic carbocycles. The van der Waals surface area contributed by atoms with Crippen molar-refractivity contribution in [2.45, 2.75) is 95.0 Å². The molecule has 1 aromatic heterocycles. The van der Waals surface area contributed by atoms with Crippen molar-refractivity contribution in [2.24, 2.45) is 5.92 Å². The molecular formula is C32H45N7O8S. The van der Waals surface area contributed by atoms with Crippen molar-refractivity contribution in [3.8, 4) is 6.01 Å². The van der Waals surface area contributed by atoms with Crippen LogP contribution < -0.4 is 20.1 Å². The topological polar surface area (TPSA) is 192 Å². The number of aromatic nitrogens is 2. The second kappa shape index (κ2) is 13.7. The number of carbonyl (C=O) groups excluding carboxylic acids is 4. The number of H-pyrrole nitrogens is 1. The lowest BCUT2D eigenvalue weighted by Gasteiger charge is -2.30. The number of benzene rings is 1. The largest absolute Gasteiger partial charge is 0.459 e. The minimum absolute atomic E-state index is 0.00198. The summed E-state index contributed by atoms with van der Waals surface area (Å²) in [5.74, 6) is -2.44. The monoisotopic (exact) mass is 687 g/mol. The zero-order chi connectivity index (χ0) is 34.9. The molecular weight excluding hydrogens is 642 g/mol. The van der Waals surface area contributed by atoms with E-state index in [0.29, 0.717) is 24.8 Å². The summed E-state index contributed by atoms with van der Waals surface area (Å²) in [6, 6.07) is 5.50. The first kappa shape index (κ1) is 35.1. The highest BCUT2D eigenvalue weighted by atomic mass is 32.2. The minimum atomic E-state index is -4.14. The van der Waals surface area contributed by atoms with Crippen LogP contribution in [0.3, 0.4) is 0 Å². The van der Waals surface area contributed by atoms with E-state index < -0.39 is 69.3 Å². The van der Waals surface area contributed by atoms with Gasteiger partial charge in [-0.2, -0.15) is 17.7 Å². The van der Waals surface area contributed by atoms with Gasteiger partial charge in [-0.1, -0.05) is 37.1 Å². The van der Waals surface area contributed by atoms with Gasteiger partial charge in [0.15, 0.2) is 0 Å². The van der Waals surface area contributed by atoms with Crippen molar-refractivity contribution in [3.05, 3.63) is 36.4 Å². The number of hydrogen-bond acceptors (Lipinski definition) is 9. The van der Waals surface area contributed by atoms with Gasteiger partial charge in [-0.25, -0.2) is 9.52 Å². The van der Waals surface area contributed by atoms with E-state index in [4.69, 9.17) is 9.47 Å². The zero-order valence-corrected chi connectivity index (χ0v) is 28.8. The van der Waals surface area contributed by atoms with Crippen molar-refractivity contribution in [2.75, 3.05) is 20.6 Å². The van der Waals surface area contributed by atoms with E-state index >= 15 is 0 Å². The van der Waals surface area contributed by atoms with Gasteiger partial charge in [0.05, 0.1) is 17.6 Å². The quantitative estimate of drug-likeness (QED) is 0.330. The van der Waals surface area contributed by atoms with E-state index in [1.807, 2.05) is 36.4 Å². The van der Waals surface area contributed by atoms with Gasteiger partial charge in [-0.3, -0.25) is 14.4 Å². The Morgan fingerprint density at radius 3 is 2.58 bits per heavy atom. The zero-order valence-electron chi connectivity index (χ0n) is 27.9. The van der Waals surface area contributed by atoms with Crippen LogP contribution in [0.4, 0.5) is 4.79 Å². The smallest absolute Gasteiger partial charge is 0.408 e. The number of nitrogens with zero attached hydrogens (tertiary/aromatic N) is 3. The number of amides is 4. The van der Waals surface area contributed by atoms with E-state index in [2.05, 4.69) is 25.3 Å². The molecule has 48 heavy (non-hydrogen) atoms. The van der Waals surface area contributed by atoms with Crippen LogP contribution in [0.5, 0.6) is 6.01 Å². The predicted molar refractivity (Wildman–Crippen MR) is 176 cm³/mol. The molecule has 4 N–H and O–H groups in total. The Morgan fingerprint density at radius 2 is 1.88 bits per heavy atom. The summed E-state index contributed by atoms with van der Waals surface area (Å²) >= 11 is 0. The third kappa shape index (κ3) is 8.09. The van der Waals surface area contributed by atoms with Gasteiger partial charge in [0.25, 0.3) is 11.9 Å². The molecule has 1 aliphatic carbocycles. The van der Waals surface area contributed by atoms with E-state index in [9.17, 15) is 27.6 Å². The fourth-order valence-electron chi connectivity index (χ4n) is 6.06. The number of carbonyl (C=O) groups is 4. The summed E-state index contributed by atoms with van der Waals surface area (Å²) in [4.78, 5) is 63.6. The maximum Gasteiger partial charge on any atom is 0.408 e. The van der Waals surface area contributed by atoms with Crippen LogP contribution in [-0.2, 0) is 29.3 Å². The van der Waals surface area contributed by atoms with Crippen molar-refractivity contribution in [1.82, 2.24) is 34.5 Å². The molecule has 15 nitrogen and oxygen atoms in total. The van der Waals surface area contributed by atoms with Gasteiger partial charge < -0.3 is 30.0 Å². The van der Waals surface area contributed by atoms with E-state index in [0.717, 1.165) is 22.7 Å². The third-order valence-electron chi connectivity index (χ3n) is 8.68. The number of hydrogen-bond donors (Lipinski definition) is 4. The third-order valence-corrected chi connectivity index (χ3v) is 10.1. The Morgan fingerprint density at radius 1 is 1.12 bits per heavy atom.